The summed E-state index contributed by atoms with van der Waals surface area (Å²) >= 11 is 12.2. The minimum atomic E-state index is -4.37. The number of benzene rings is 2. The Labute approximate surface area is 204 Å². The number of ether oxygens (including phenoxy) is 1. The zero-order chi connectivity index (χ0) is 24.3. The van der Waals surface area contributed by atoms with Crippen LogP contribution >= 0.6 is 23.2 Å². The number of rotatable bonds is 6. The van der Waals surface area contributed by atoms with E-state index in [4.69, 9.17) is 27.9 Å². The summed E-state index contributed by atoms with van der Waals surface area (Å²) in [4.78, 5) is 16.5. The van der Waals surface area contributed by atoms with Crippen LogP contribution in [0.1, 0.15) is 21.6 Å². The summed E-state index contributed by atoms with van der Waals surface area (Å²) in [6.45, 7) is 2.43. The molecule has 1 aliphatic heterocycles. The van der Waals surface area contributed by atoms with Crippen LogP contribution < -0.4 is 4.74 Å². The van der Waals surface area contributed by atoms with Crippen molar-refractivity contribution < 1.29 is 22.7 Å². The van der Waals surface area contributed by atoms with Crippen molar-refractivity contribution in [1.29, 1.82) is 0 Å². The van der Waals surface area contributed by atoms with Crippen LogP contribution in [0.3, 0.4) is 0 Å². The van der Waals surface area contributed by atoms with Crippen LogP contribution in [0, 0.1) is 0 Å². The lowest BCUT2D eigenvalue weighted by Crippen LogP contribution is -2.48. The molecule has 0 radical (unpaired) electrons. The Hall–Kier alpha value is -2.75. The third-order valence-electron chi connectivity index (χ3n) is 5.44. The first kappa shape index (κ1) is 24.4. The molecule has 4 rings (SSSR count). The van der Waals surface area contributed by atoms with Crippen molar-refractivity contribution in [3.8, 4) is 5.75 Å². The van der Waals surface area contributed by atoms with Gasteiger partial charge in [-0.2, -0.15) is 18.3 Å². The molecule has 0 unspecified atom stereocenters. The molecule has 180 valence electrons. The molecule has 1 aliphatic rings. The number of hydrogen-bond acceptors (Lipinski definition) is 4. The predicted octanol–water partition coefficient (Wildman–Crippen LogP) is 5.20. The summed E-state index contributed by atoms with van der Waals surface area (Å²) in [6, 6.07) is 12.0. The lowest BCUT2D eigenvalue weighted by molar-refractivity contribution is -0.137. The van der Waals surface area contributed by atoms with Crippen molar-refractivity contribution >= 4 is 29.1 Å². The van der Waals surface area contributed by atoms with Crippen LogP contribution in [-0.2, 0) is 19.5 Å². The first-order valence-corrected chi connectivity index (χ1v) is 11.2. The van der Waals surface area contributed by atoms with E-state index in [-0.39, 0.29) is 18.3 Å². The zero-order valence-corrected chi connectivity index (χ0v) is 19.4. The Morgan fingerprint density at radius 3 is 2.35 bits per heavy atom. The standard InChI is InChI=1S/C23H21Cl2F3N4O2/c24-18-5-2-6-19(25)21(18)34-15-32-8-7-20(29-32)22(33)31-11-9-30(10-12-31)14-16-3-1-4-17(13-16)23(26,27)28/h1-8,13H,9-12,14-15H2. The highest BCUT2D eigenvalue weighted by molar-refractivity contribution is 6.37. The quantitative estimate of drug-likeness (QED) is 0.455. The van der Waals surface area contributed by atoms with Gasteiger partial charge in [0, 0.05) is 38.9 Å². The van der Waals surface area contributed by atoms with E-state index in [1.165, 1.54) is 16.8 Å². The van der Waals surface area contributed by atoms with Gasteiger partial charge in [0.05, 0.1) is 15.6 Å². The monoisotopic (exact) mass is 512 g/mol. The molecule has 0 spiro atoms. The number of carbonyl (C=O) groups excluding carboxylic acids is 1. The first-order chi connectivity index (χ1) is 16.2. The number of halogens is 5. The largest absolute Gasteiger partial charge is 0.468 e. The minimum absolute atomic E-state index is 0.0293. The van der Waals surface area contributed by atoms with Gasteiger partial charge in [0.25, 0.3) is 5.91 Å². The van der Waals surface area contributed by atoms with E-state index < -0.39 is 11.7 Å². The van der Waals surface area contributed by atoms with E-state index in [1.807, 2.05) is 4.90 Å². The van der Waals surface area contributed by atoms with Gasteiger partial charge in [0.2, 0.25) is 0 Å². The second kappa shape index (κ2) is 10.2. The molecule has 2 heterocycles. The van der Waals surface area contributed by atoms with Gasteiger partial charge >= 0.3 is 6.18 Å². The maximum Gasteiger partial charge on any atom is 0.416 e. The number of hydrogen-bond donors (Lipinski definition) is 0. The van der Waals surface area contributed by atoms with Crippen molar-refractivity contribution in [2.24, 2.45) is 0 Å². The third-order valence-corrected chi connectivity index (χ3v) is 6.04. The van der Waals surface area contributed by atoms with Crippen LogP contribution in [-0.4, -0.2) is 51.7 Å². The van der Waals surface area contributed by atoms with Crippen molar-refractivity contribution in [3.63, 3.8) is 0 Å². The molecule has 1 amide bonds. The summed E-state index contributed by atoms with van der Waals surface area (Å²) in [7, 11) is 0. The van der Waals surface area contributed by atoms with E-state index in [9.17, 15) is 18.0 Å². The maximum atomic E-state index is 12.9. The number of alkyl halides is 3. The maximum absolute atomic E-state index is 12.9. The molecule has 0 atom stereocenters. The molecular weight excluding hydrogens is 492 g/mol. The fourth-order valence-electron chi connectivity index (χ4n) is 3.67. The van der Waals surface area contributed by atoms with Crippen LogP contribution in [0.25, 0.3) is 0 Å². The zero-order valence-electron chi connectivity index (χ0n) is 17.9. The fourth-order valence-corrected chi connectivity index (χ4v) is 4.18. The van der Waals surface area contributed by atoms with E-state index in [1.54, 1.807) is 41.4 Å². The number of piperazine rings is 1. The van der Waals surface area contributed by atoms with E-state index >= 15 is 0 Å². The fraction of sp³-hybridized carbons (Fsp3) is 0.304. The lowest BCUT2D eigenvalue weighted by Gasteiger charge is -2.34. The van der Waals surface area contributed by atoms with E-state index in [2.05, 4.69) is 5.10 Å². The summed E-state index contributed by atoms with van der Waals surface area (Å²) in [5.74, 6) is 0.124. The highest BCUT2D eigenvalue weighted by atomic mass is 35.5. The van der Waals surface area contributed by atoms with Gasteiger partial charge < -0.3 is 9.64 Å². The second-order valence-electron chi connectivity index (χ2n) is 7.83. The van der Waals surface area contributed by atoms with Gasteiger partial charge in [-0.3, -0.25) is 9.69 Å². The van der Waals surface area contributed by atoms with Crippen molar-refractivity contribution in [2.75, 3.05) is 26.2 Å². The molecule has 11 heteroatoms. The van der Waals surface area contributed by atoms with Gasteiger partial charge in [-0.15, -0.1) is 0 Å². The molecule has 2 aromatic carbocycles. The Balaban J connectivity index is 1.30. The molecule has 1 saturated heterocycles. The van der Waals surface area contributed by atoms with Crippen molar-refractivity contribution in [3.05, 3.63) is 81.6 Å². The Bertz CT molecular complexity index is 1140. The smallest absolute Gasteiger partial charge is 0.416 e. The minimum Gasteiger partial charge on any atom is -0.468 e. The van der Waals surface area contributed by atoms with Gasteiger partial charge in [0.1, 0.15) is 0 Å². The Kier molecular flexibility index (Phi) is 7.35. The van der Waals surface area contributed by atoms with Crippen molar-refractivity contribution in [1.82, 2.24) is 19.6 Å². The summed E-state index contributed by atoms with van der Waals surface area (Å²) < 4.78 is 45.9. The number of aromatic nitrogens is 2. The molecule has 1 aromatic heterocycles. The first-order valence-electron chi connectivity index (χ1n) is 10.5. The predicted molar refractivity (Wildman–Crippen MR) is 122 cm³/mol. The van der Waals surface area contributed by atoms with Crippen molar-refractivity contribution in [2.45, 2.75) is 19.5 Å². The average Bonchev–Trinajstić information content (AvgIpc) is 3.27. The van der Waals surface area contributed by atoms with Crippen LogP contribution in [0.5, 0.6) is 5.75 Å². The normalized spacial score (nSPS) is 14.9. The number of amides is 1. The highest BCUT2D eigenvalue weighted by Gasteiger charge is 2.30. The average molecular weight is 513 g/mol. The Morgan fingerprint density at radius 2 is 1.68 bits per heavy atom. The number of para-hydroxylation sites is 1. The second-order valence-corrected chi connectivity index (χ2v) is 8.65. The van der Waals surface area contributed by atoms with Gasteiger partial charge in [-0.25, -0.2) is 4.68 Å². The summed E-state index contributed by atoms with van der Waals surface area (Å²) in [6.07, 6.45) is -2.74. The Morgan fingerprint density at radius 1 is 1.00 bits per heavy atom. The van der Waals surface area contributed by atoms with Crippen LogP contribution in [0.2, 0.25) is 10.0 Å². The molecule has 34 heavy (non-hydrogen) atoms. The highest BCUT2D eigenvalue weighted by Crippen LogP contribution is 2.32. The number of nitrogens with zero attached hydrogens (tertiary/aromatic N) is 4. The molecule has 0 bridgehead atoms. The van der Waals surface area contributed by atoms with Crippen LogP contribution in [0.4, 0.5) is 13.2 Å². The molecule has 0 saturated carbocycles. The molecular formula is C23H21Cl2F3N4O2. The summed E-state index contributed by atoms with van der Waals surface area (Å²) in [5.41, 5.74) is 0.210. The third kappa shape index (κ3) is 5.84. The molecule has 1 fully saturated rings. The summed E-state index contributed by atoms with van der Waals surface area (Å²) in [5, 5.41) is 5.02. The van der Waals surface area contributed by atoms with Gasteiger partial charge in [-0.05, 0) is 29.8 Å². The molecule has 0 aliphatic carbocycles. The molecule has 0 N–H and O–H groups in total. The van der Waals surface area contributed by atoms with Crippen LogP contribution in [0.15, 0.2) is 54.7 Å². The molecule has 3 aromatic rings. The van der Waals surface area contributed by atoms with E-state index in [0.717, 1.165) is 6.07 Å². The lowest BCUT2D eigenvalue weighted by atomic mass is 10.1. The molecule has 6 nitrogen and oxygen atoms in total. The van der Waals surface area contributed by atoms with Gasteiger partial charge in [-0.1, -0.05) is 47.5 Å². The number of carbonyl (C=O) groups is 1. The van der Waals surface area contributed by atoms with E-state index in [0.29, 0.717) is 54.1 Å². The topological polar surface area (TPSA) is 50.6 Å². The van der Waals surface area contributed by atoms with Gasteiger partial charge in [0.15, 0.2) is 18.2 Å². The SMILES string of the molecule is O=C(c1ccn(COc2c(Cl)cccc2Cl)n1)N1CCN(Cc2cccc(C(F)(F)F)c2)CC1.